The molecule has 1 heterocycles. The number of nitrogens with one attached hydrogen (secondary N) is 1. The fourth-order valence-corrected chi connectivity index (χ4v) is 3.57. The standard InChI is InChI=1S/C13H20N4O/c1-17-7-10(6-14)12(16-17)15-13(18)11-5-8-2-3-9(11)4-8/h7-9,11H,2-6,14H2,1H3,(H,15,16,18). The Bertz CT molecular complexity index is 468. The average Bonchev–Trinajstić information content (AvgIpc) is 3.03. The molecule has 98 valence electrons. The van der Waals surface area contributed by atoms with Crippen molar-refractivity contribution < 1.29 is 4.79 Å². The number of amides is 1. The van der Waals surface area contributed by atoms with Gasteiger partial charge in [0.2, 0.25) is 5.91 Å². The molecule has 5 nitrogen and oxygen atoms in total. The molecule has 2 fully saturated rings. The zero-order chi connectivity index (χ0) is 12.7. The molecule has 5 heteroatoms. The van der Waals surface area contributed by atoms with E-state index in [0.717, 1.165) is 17.9 Å². The van der Waals surface area contributed by atoms with Crippen LogP contribution >= 0.6 is 0 Å². The van der Waals surface area contributed by atoms with Crippen molar-refractivity contribution in [3.8, 4) is 0 Å². The summed E-state index contributed by atoms with van der Waals surface area (Å²) in [6, 6.07) is 0. The van der Waals surface area contributed by atoms with E-state index in [1.54, 1.807) is 4.68 Å². The molecule has 0 saturated heterocycles. The van der Waals surface area contributed by atoms with Crippen LogP contribution in [0, 0.1) is 17.8 Å². The molecule has 3 atom stereocenters. The van der Waals surface area contributed by atoms with E-state index < -0.39 is 0 Å². The van der Waals surface area contributed by atoms with Crippen LogP contribution in [0.15, 0.2) is 6.20 Å². The fraction of sp³-hybridized carbons (Fsp3) is 0.692. The Morgan fingerprint density at radius 3 is 3.00 bits per heavy atom. The van der Waals surface area contributed by atoms with E-state index in [0.29, 0.717) is 18.3 Å². The molecule has 2 aliphatic rings. The number of aryl methyl sites for hydroxylation is 1. The van der Waals surface area contributed by atoms with Crippen LogP contribution in [0.2, 0.25) is 0 Å². The van der Waals surface area contributed by atoms with Crippen molar-refractivity contribution in [1.82, 2.24) is 9.78 Å². The number of carbonyl (C=O) groups excluding carboxylic acids is 1. The summed E-state index contributed by atoms with van der Waals surface area (Å²) in [5.41, 5.74) is 6.55. The van der Waals surface area contributed by atoms with Gasteiger partial charge in [-0.05, 0) is 31.1 Å². The van der Waals surface area contributed by atoms with E-state index in [1.807, 2.05) is 13.2 Å². The lowest BCUT2D eigenvalue weighted by atomic mass is 9.88. The molecular formula is C13H20N4O. The molecule has 3 unspecified atom stereocenters. The predicted octanol–water partition coefficient (Wildman–Crippen LogP) is 1.25. The Labute approximate surface area is 107 Å². The van der Waals surface area contributed by atoms with E-state index in [-0.39, 0.29) is 11.8 Å². The summed E-state index contributed by atoms with van der Waals surface area (Å²) in [4.78, 5) is 12.3. The number of aromatic nitrogens is 2. The summed E-state index contributed by atoms with van der Waals surface area (Å²) in [6.07, 6.45) is 6.68. The molecular weight excluding hydrogens is 228 g/mol. The first-order chi connectivity index (χ1) is 8.67. The summed E-state index contributed by atoms with van der Waals surface area (Å²) in [6.45, 7) is 0.403. The molecule has 0 aromatic carbocycles. The minimum atomic E-state index is 0.135. The first kappa shape index (κ1) is 11.7. The highest BCUT2D eigenvalue weighted by Crippen LogP contribution is 2.48. The van der Waals surface area contributed by atoms with Gasteiger partial charge in [0.25, 0.3) is 0 Å². The first-order valence-corrected chi connectivity index (χ1v) is 6.71. The minimum Gasteiger partial charge on any atom is -0.326 e. The van der Waals surface area contributed by atoms with Crippen molar-refractivity contribution in [1.29, 1.82) is 0 Å². The molecule has 18 heavy (non-hydrogen) atoms. The number of rotatable bonds is 3. The second kappa shape index (κ2) is 4.39. The number of anilines is 1. The van der Waals surface area contributed by atoms with Crippen LogP contribution in [0.4, 0.5) is 5.82 Å². The van der Waals surface area contributed by atoms with Crippen LogP contribution in [0.1, 0.15) is 31.2 Å². The summed E-state index contributed by atoms with van der Waals surface area (Å²) >= 11 is 0. The lowest BCUT2D eigenvalue weighted by molar-refractivity contribution is -0.121. The van der Waals surface area contributed by atoms with E-state index in [9.17, 15) is 4.79 Å². The van der Waals surface area contributed by atoms with Gasteiger partial charge in [-0.2, -0.15) is 5.10 Å². The van der Waals surface area contributed by atoms with Gasteiger partial charge in [-0.3, -0.25) is 9.48 Å². The normalized spacial score (nSPS) is 29.8. The van der Waals surface area contributed by atoms with Crippen molar-refractivity contribution in [2.45, 2.75) is 32.2 Å². The van der Waals surface area contributed by atoms with Crippen LogP contribution in [0.3, 0.4) is 0 Å². The van der Waals surface area contributed by atoms with Crippen LogP contribution in [-0.2, 0) is 18.4 Å². The summed E-state index contributed by atoms with van der Waals surface area (Å²) < 4.78 is 1.69. The maximum Gasteiger partial charge on any atom is 0.228 e. The van der Waals surface area contributed by atoms with Crippen LogP contribution in [0.5, 0.6) is 0 Å². The molecule has 2 bridgehead atoms. The molecule has 1 aromatic rings. The molecule has 0 aliphatic heterocycles. The van der Waals surface area contributed by atoms with E-state index in [2.05, 4.69) is 10.4 Å². The molecule has 1 aromatic heterocycles. The zero-order valence-corrected chi connectivity index (χ0v) is 10.7. The molecule has 2 aliphatic carbocycles. The number of nitrogens with two attached hydrogens (primary N) is 1. The molecule has 1 amide bonds. The Hall–Kier alpha value is -1.36. The van der Waals surface area contributed by atoms with Crippen molar-refractivity contribution in [3.63, 3.8) is 0 Å². The van der Waals surface area contributed by atoms with E-state index >= 15 is 0 Å². The number of hydrogen-bond acceptors (Lipinski definition) is 3. The topological polar surface area (TPSA) is 72.9 Å². The Morgan fingerprint density at radius 2 is 2.39 bits per heavy atom. The monoisotopic (exact) mass is 248 g/mol. The highest BCUT2D eigenvalue weighted by atomic mass is 16.2. The second-order valence-electron chi connectivity index (χ2n) is 5.65. The number of hydrogen-bond donors (Lipinski definition) is 2. The summed E-state index contributed by atoms with van der Waals surface area (Å²) in [5.74, 6) is 2.34. The Morgan fingerprint density at radius 1 is 1.56 bits per heavy atom. The number of nitrogens with zero attached hydrogens (tertiary/aromatic N) is 2. The molecule has 0 spiro atoms. The van der Waals surface area contributed by atoms with Gasteiger partial charge in [-0.15, -0.1) is 0 Å². The third-order valence-electron chi connectivity index (χ3n) is 4.44. The third kappa shape index (κ3) is 1.92. The van der Waals surface area contributed by atoms with Gasteiger partial charge in [-0.25, -0.2) is 0 Å². The Kier molecular flexibility index (Phi) is 2.86. The van der Waals surface area contributed by atoms with Gasteiger partial charge in [0.15, 0.2) is 5.82 Å². The second-order valence-corrected chi connectivity index (χ2v) is 5.65. The van der Waals surface area contributed by atoms with Gasteiger partial charge >= 0.3 is 0 Å². The van der Waals surface area contributed by atoms with E-state index in [4.69, 9.17) is 5.73 Å². The summed E-state index contributed by atoms with van der Waals surface area (Å²) in [7, 11) is 1.84. The average molecular weight is 248 g/mol. The molecule has 3 rings (SSSR count). The number of carbonyl (C=O) groups is 1. The SMILES string of the molecule is Cn1cc(CN)c(NC(=O)C2CC3CCC2C3)n1. The molecule has 3 N–H and O–H groups in total. The zero-order valence-electron chi connectivity index (χ0n) is 10.7. The van der Waals surface area contributed by atoms with Crippen molar-refractivity contribution >= 4 is 11.7 Å². The summed E-state index contributed by atoms with van der Waals surface area (Å²) in [5, 5.41) is 7.22. The largest absolute Gasteiger partial charge is 0.326 e. The van der Waals surface area contributed by atoms with Gasteiger partial charge in [0, 0.05) is 31.3 Å². The Balaban J connectivity index is 1.70. The maximum absolute atomic E-state index is 12.3. The molecule has 2 saturated carbocycles. The highest BCUT2D eigenvalue weighted by molar-refractivity contribution is 5.92. The quantitative estimate of drug-likeness (QED) is 0.845. The van der Waals surface area contributed by atoms with Gasteiger partial charge in [-0.1, -0.05) is 6.42 Å². The fourth-order valence-electron chi connectivity index (χ4n) is 3.57. The number of fused-ring (bicyclic) bond motifs is 2. The first-order valence-electron chi connectivity index (χ1n) is 6.71. The highest BCUT2D eigenvalue weighted by Gasteiger charge is 2.43. The van der Waals surface area contributed by atoms with Gasteiger partial charge < -0.3 is 11.1 Å². The predicted molar refractivity (Wildman–Crippen MR) is 68.7 cm³/mol. The van der Waals surface area contributed by atoms with Crippen molar-refractivity contribution in [3.05, 3.63) is 11.8 Å². The van der Waals surface area contributed by atoms with Crippen molar-refractivity contribution in [2.75, 3.05) is 5.32 Å². The minimum absolute atomic E-state index is 0.135. The smallest absolute Gasteiger partial charge is 0.228 e. The lowest BCUT2D eigenvalue weighted by Crippen LogP contribution is -2.27. The van der Waals surface area contributed by atoms with Gasteiger partial charge in [0.1, 0.15) is 0 Å². The van der Waals surface area contributed by atoms with Crippen LogP contribution in [-0.4, -0.2) is 15.7 Å². The van der Waals surface area contributed by atoms with Crippen LogP contribution in [0.25, 0.3) is 0 Å². The van der Waals surface area contributed by atoms with Crippen LogP contribution < -0.4 is 11.1 Å². The van der Waals surface area contributed by atoms with Crippen molar-refractivity contribution in [2.24, 2.45) is 30.5 Å². The third-order valence-corrected chi connectivity index (χ3v) is 4.44. The van der Waals surface area contributed by atoms with E-state index in [1.165, 1.54) is 19.3 Å². The molecule has 0 radical (unpaired) electrons. The maximum atomic E-state index is 12.3. The van der Waals surface area contributed by atoms with Gasteiger partial charge in [0.05, 0.1) is 0 Å². The lowest BCUT2D eigenvalue weighted by Gasteiger charge is -2.20.